The van der Waals surface area contributed by atoms with Crippen molar-refractivity contribution < 1.29 is 13.9 Å². The summed E-state index contributed by atoms with van der Waals surface area (Å²) < 4.78 is 21.1. The highest BCUT2D eigenvalue weighted by Crippen LogP contribution is 2.32. The first-order valence-corrected chi connectivity index (χ1v) is 11.1. The summed E-state index contributed by atoms with van der Waals surface area (Å²) in [4.78, 5) is 36.3. The van der Waals surface area contributed by atoms with Crippen LogP contribution < -0.4 is 15.4 Å². The van der Waals surface area contributed by atoms with E-state index in [1.54, 1.807) is 32.4 Å². The summed E-state index contributed by atoms with van der Waals surface area (Å²) in [6.45, 7) is 3.55. The standard InChI is InChI=1S/C24H26FN5O3/c1-27(2)24(32)17-12-16(14-29-7-6-18-19(25)4-3-5-20(18)29)23-26-21(13-22(31)30(23)15-17)28-8-10-33-11-9-28/h3-5,12-13,15H,6-11,14H2,1-2H3. The number of carbonyl (C=O) groups excluding carboxylic acids is 1. The molecule has 0 atom stereocenters. The van der Waals surface area contributed by atoms with Gasteiger partial charge in [-0.25, -0.2) is 9.37 Å². The van der Waals surface area contributed by atoms with Crippen molar-refractivity contribution >= 4 is 23.1 Å². The molecule has 4 heterocycles. The second kappa shape index (κ2) is 8.47. The van der Waals surface area contributed by atoms with Crippen molar-refractivity contribution in [2.24, 2.45) is 0 Å². The predicted octanol–water partition coefficient (Wildman–Crippen LogP) is 1.93. The van der Waals surface area contributed by atoms with Gasteiger partial charge in [0, 0.05) is 69.4 Å². The first kappa shape index (κ1) is 21.4. The molecule has 3 aromatic rings. The quantitative estimate of drug-likeness (QED) is 0.604. The number of hydrogen-bond acceptors (Lipinski definition) is 6. The molecule has 0 unspecified atom stereocenters. The zero-order chi connectivity index (χ0) is 23.1. The van der Waals surface area contributed by atoms with Gasteiger partial charge in [-0.2, -0.15) is 0 Å². The Hall–Kier alpha value is -3.46. The van der Waals surface area contributed by atoms with Gasteiger partial charge in [-0.1, -0.05) is 6.07 Å². The summed E-state index contributed by atoms with van der Waals surface area (Å²) in [5.74, 6) is 0.194. The maximum absolute atomic E-state index is 14.3. The number of nitrogens with zero attached hydrogens (tertiary/aromatic N) is 5. The largest absolute Gasteiger partial charge is 0.378 e. The lowest BCUT2D eigenvalue weighted by Gasteiger charge is -2.28. The maximum Gasteiger partial charge on any atom is 0.259 e. The van der Waals surface area contributed by atoms with Gasteiger partial charge in [-0.15, -0.1) is 0 Å². The van der Waals surface area contributed by atoms with Gasteiger partial charge < -0.3 is 19.4 Å². The van der Waals surface area contributed by atoms with Crippen LogP contribution in [0.25, 0.3) is 5.65 Å². The molecule has 2 aromatic heterocycles. The lowest BCUT2D eigenvalue weighted by molar-refractivity contribution is 0.0827. The van der Waals surface area contributed by atoms with Crippen LogP contribution >= 0.6 is 0 Å². The fourth-order valence-electron chi connectivity index (χ4n) is 4.53. The average molecular weight is 452 g/mol. The van der Waals surface area contributed by atoms with Gasteiger partial charge >= 0.3 is 0 Å². The number of hydrogen-bond donors (Lipinski definition) is 0. The molecule has 0 bridgehead atoms. The van der Waals surface area contributed by atoms with Gasteiger partial charge in [-0.3, -0.25) is 14.0 Å². The highest BCUT2D eigenvalue weighted by molar-refractivity contribution is 5.94. The molecule has 0 aliphatic carbocycles. The van der Waals surface area contributed by atoms with Gasteiger partial charge in [0.05, 0.1) is 18.8 Å². The SMILES string of the molecule is CN(C)C(=O)c1cc(CN2CCc3c(F)cccc32)c2nc(N3CCOCC3)cc(=O)n2c1. The Bertz CT molecular complexity index is 1280. The second-order valence-corrected chi connectivity index (χ2v) is 8.61. The number of rotatable bonds is 4. The van der Waals surface area contributed by atoms with E-state index in [1.807, 2.05) is 11.0 Å². The van der Waals surface area contributed by atoms with Crippen molar-refractivity contribution in [3.8, 4) is 0 Å². The van der Waals surface area contributed by atoms with Crippen molar-refractivity contribution in [3.63, 3.8) is 0 Å². The Morgan fingerprint density at radius 1 is 1.18 bits per heavy atom. The minimum atomic E-state index is -0.246. The van der Waals surface area contributed by atoms with Crippen LogP contribution in [0.15, 0.2) is 41.3 Å². The molecular formula is C24H26FN5O3. The number of aromatic nitrogens is 2. The van der Waals surface area contributed by atoms with Crippen LogP contribution in [-0.4, -0.2) is 67.1 Å². The van der Waals surface area contributed by atoms with E-state index >= 15 is 0 Å². The number of ether oxygens (including phenoxy) is 1. The van der Waals surface area contributed by atoms with E-state index in [0.717, 1.165) is 11.3 Å². The fraction of sp³-hybridized carbons (Fsp3) is 0.375. The highest BCUT2D eigenvalue weighted by Gasteiger charge is 2.24. The summed E-state index contributed by atoms with van der Waals surface area (Å²) in [6.07, 6.45) is 2.17. The van der Waals surface area contributed by atoms with E-state index < -0.39 is 0 Å². The molecule has 1 fully saturated rings. The number of morpholine rings is 1. The van der Waals surface area contributed by atoms with Crippen LogP contribution in [-0.2, 0) is 17.7 Å². The molecule has 1 aromatic carbocycles. The van der Waals surface area contributed by atoms with E-state index in [4.69, 9.17) is 9.72 Å². The molecule has 9 heteroatoms. The summed E-state index contributed by atoms with van der Waals surface area (Å²) in [7, 11) is 3.35. The number of amides is 1. The summed E-state index contributed by atoms with van der Waals surface area (Å²) in [6, 6.07) is 8.39. The first-order valence-electron chi connectivity index (χ1n) is 11.1. The number of pyridine rings is 1. The van der Waals surface area contributed by atoms with Gasteiger partial charge in [0.25, 0.3) is 11.5 Å². The molecule has 8 nitrogen and oxygen atoms in total. The molecule has 5 rings (SSSR count). The lowest BCUT2D eigenvalue weighted by atomic mass is 10.1. The molecule has 33 heavy (non-hydrogen) atoms. The highest BCUT2D eigenvalue weighted by atomic mass is 19.1. The third-order valence-corrected chi connectivity index (χ3v) is 6.24. The normalized spacial score (nSPS) is 15.7. The Morgan fingerprint density at radius 3 is 2.73 bits per heavy atom. The van der Waals surface area contributed by atoms with Crippen molar-refractivity contribution in [1.82, 2.24) is 14.3 Å². The summed E-state index contributed by atoms with van der Waals surface area (Å²) in [5.41, 5.74) is 2.94. The Morgan fingerprint density at radius 2 is 1.97 bits per heavy atom. The average Bonchev–Trinajstić information content (AvgIpc) is 3.23. The molecule has 2 aliphatic heterocycles. The number of fused-ring (bicyclic) bond motifs is 2. The molecule has 2 aliphatic rings. The van der Waals surface area contributed by atoms with Gasteiger partial charge in [0.2, 0.25) is 0 Å². The van der Waals surface area contributed by atoms with Gasteiger partial charge in [-0.05, 0) is 24.6 Å². The monoisotopic (exact) mass is 451 g/mol. The van der Waals surface area contributed by atoms with Crippen LogP contribution in [0.4, 0.5) is 15.9 Å². The third kappa shape index (κ3) is 3.93. The number of anilines is 2. The lowest BCUT2D eigenvalue weighted by Crippen LogP contribution is -2.37. The van der Waals surface area contributed by atoms with Crippen LogP contribution in [0.1, 0.15) is 21.5 Å². The molecule has 0 saturated carbocycles. The molecule has 0 spiro atoms. The van der Waals surface area contributed by atoms with Crippen molar-refractivity contribution in [1.29, 1.82) is 0 Å². The predicted molar refractivity (Wildman–Crippen MR) is 124 cm³/mol. The number of benzene rings is 1. The van der Waals surface area contributed by atoms with Crippen molar-refractivity contribution in [2.45, 2.75) is 13.0 Å². The minimum Gasteiger partial charge on any atom is -0.378 e. The number of carbonyl (C=O) groups is 1. The first-order chi connectivity index (χ1) is 15.9. The van der Waals surface area contributed by atoms with Gasteiger partial charge in [0.1, 0.15) is 17.3 Å². The molecule has 172 valence electrons. The van der Waals surface area contributed by atoms with E-state index in [9.17, 15) is 14.0 Å². The van der Waals surface area contributed by atoms with Crippen molar-refractivity contribution in [2.75, 3.05) is 56.7 Å². The Labute approximate surface area is 190 Å². The Balaban J connectivity index is 1.63. The third-order valence-electron chi connectivity index (χ3n) is 6.24. The van der Waals surface area contributed by atoms with E-state index in [1.165, 1.54) is 21.4 Å². The van der Waals surface area contributed by atoms with E-state index in [0.29, 0.717) is 68.4 Å². The van der Waals surface area contributed by atoms with Crippen LogP contribution in [0.2, 0.25) is 0 Å². The Kier molecular flexibility index (Phi) is 5.49. The molecule has 0 N–H and O–H groups in total. The van der Waals surface area contributed by atoms with E-state index in [-0.39, 0.29) is 17.3 Å². The molecular weight excluding hydrogens is 425 g/mol. The molecule has 0 radical (unpaired) electrons. The van der Waals surface area contributed by atoms with Crippen LogP contribution in [0.3, 0.4) is 0 Å². The van der Waals surface area contributed by atoms with Crippen LogP contribution in [0.5, 0.6) is 0 Å². The summed E-state index contributed by atoms with van der Waals surface area (Å²) in [5, 5.41) is 0. The summed E-state index contributed by atoms with van der Waals surface area (Å²) >= 11 is 0. The second-order valence-electron chi connectivity index (χ2n) is 8.61. The van der Waals surface area contributed by atoms with E-state index in [2.05, 4.69) is 4.90 Å². The minimum absolute atomic E-state index is 0.199. The molecule has 1 amide bonds. The van der Waals surface area contributed by atoms with Crippen LogP contribution in [0, 0.1) is 5.82 Å². The zero-order valence-corrected chi connectivity index (χ0v) is 18.8. The molecule has 1 saturated heterocycles. The van der Waals surface area contributed by atoms with Crippen molar-refractivity contribution in [3.05, 3.63) is 69.4 Å². The number of halogens is 1. The smallest absolute Gasteiger partial charge is 0.259 e. The topological polar surface area (TPSA) is 70.4 Å². The zero-order valence-electron chi connectivity index (χ0n) is 18.8. The fourth-order valence-corrected chi connectivity index (χ4v) is 4.53. The maximum atomic E-state index is 14.3. The van der Waals surface area contributed by atoms with Gasteiger partial charge in [0.15, 0.2) is 0 Å².